The lowest BCUT2D eigenvalue weighted by molar-refractivity contribution is 0.220. The van der Waals surface area contributed by atoms with Gasteiger partial charge in [-0.3, -0.25) is 0 Å². The highest BCUT2D eigenvalue weighted by atomic mass is 35.5. The zero-order valence-electron chi connectivity index (χ0n) is 10.7. The summed E-state index contributed by atoms with van der Waals surface area (Å²) in [6.45, 7) is 2.91. The van der Waals surface area contributed by atoms with Crippen molar-refractivity contribution in [3.05, 3.63) is 52.8 Å². The van der Waals surface area contributed by atoms with E-state index in [-0.39, 0.29) is 0 Å². The maximum absolute atomic E-state index is 10.4. The second kappa shape index (κ2) is 6.50. The van der Waals surface area contributed by atoms with Gasteiger partial charge in [0.2, 0.25) is 0 Å². The lowest BCUT2D eigenvalue weighted by atomic mass is 10.0. The molecule has 0 bridgehead atoms. The van der Waals surface area contributed by atoms with Crippen LogP contribution in [0.1, 0.15) is 30.6 Å². The minimum absolute atomic E-state index is 0.646. The maximum atomic E-state index is 10.4. The topological polar surface area (TPSA) is 58.0 Å². The quantitative estimate of drug-likeness (QED) is 0.882. The molecule has 2 N–H and O–H groups in total. The van der Waals surface area contributed by atoms with E-state index in [1.165, 1.54) is 0 Å². The molecule has 0 saturated carbocycles. The molecule has 19 heavy (non-hydrogen) atoms. The summed E-state index contributed by atoms with van der Waals surface area (Å²) in [4.78, 5) is 0. The van der Waals surface area contributed by atoms with Crippen molar-refractivity contribution >= 4 is 17.3 Å². The van der Waals surface area contributed by atoms with Crippen LogP contribution in [-0.4, -0.2) is 21.8 Å². The van der Waals surface area contributed by atoms with Gasteiger partial charge in [-0.25, -0.2) is 0 Å². The number of nitrogens with zero attached hydrogens (tertiary/aromatic N) is 2. The minimum Gasteiger partial charge on any atom is -0.384 e. The van der Waals surface area contributed by atoms with Gasteiger partial charge in [-0.1, -0.05) is 30.7 Å². The molecule has 0 spiro atoms. The molecule has 1 heterocycles. The summed E-state index contributed by atoms with van der Waals surface area (Å²) >= 11 is 5.85. The van der Waals surface area contributed by atoms with Crippen LogP contribution < -0.4 is 5.32 Å². The van der Waals surface area contributed by atoms with E-state index in [0.29, 0.717) is 10.6 Å². The predicted octanol–water partition coefficient (Wildman–Crippen LogP) is 3.03. The molecule has 4 nitrogen and oxygen atoms in total. The average molecular weight is 278 g/mol. The van der Waals surface area contributed by atoms with Crippen molar-refractivity contribution in [2.45, 2.75) is 19.4 Å². The molecule has 2 rings (SSSR count). The van der Waals surface area contributed by atoms with Gasteiger partial charge < -0.3 is 10.4 Å². The van der Waals surface area contributed by atoms with Gasteiger partial charge in [-0.2, -0.15) is 10.2 Å². The normalized spacial score (nSPS) is 12.2. The molecular weight excluding hydrogens is 262 g/mol. The van der Waals surface area contributed by atoms with Crippen LogP contribution in [0.25, 0.3) is 0 Å². The van der Waals surface area contributed by atoms with Crippen LogP contribution in [0.3, 0.4) is 0 Å². The minimum atomic E-state index is -0.743. The van der Waals surface area contributed by atoms with Crippen molar-refractivity contribution in [3.63, 3.8) is 0 Å². The summed E-state index contributed by atoms with van der Waals surface area (Å²) in [6, 6.07) is 7.12. The SMILES string of the molecule is CCCNc1cnncc1C(O)c1ccc(Cl)cc1. The summed E-state index contributed by atoms with van der Waals surface area (Å²) < 4.78 is 0. The van der Waals surface area contributed by atoms with Gasteiger partial charge >= 0.3 is 0 Å². The van der Waals surface area contributed by atoms with Crippen molar-refractivity contribution in [1.82, 2.24) is 10.2 Å². The van der Waals surface area contributed by atoms with Crippen LogP contribution in [0.4, 0.5) is 5.69 Å². The fraction of sp³-hybridized carbons (Fsp3) is 0.286. The molecule has 0 aliphatic carbocycles. The van der Waals surface area contributed by atoms with Gasteiger partial charge in [0.05, 0.1) is 18.1 Å². The molecule has 2 aromatic rings. The number of rotatable bonds is 5. The molecule has 1 aromatic heterocycles. The third-order valence-electron chi connectivity index (χ3n) is 2.81. The standard InChI is InChI=1S/C14H16ClN3O/c1-2-7-16-13-9-18-17-8-12(13)14(19)10-3-5-11(15)6-4-10/h3-6,8-9,14,19H,2,7H2,1H3,(H,16,17). The Balaban J connectivity index is 2.27. The predicted molar refractivity (Wildman–Crippen MR) is 76.3 cm³/mol. The largest absolute Gasteiger partial charge is 0.384 e. The fourth-order valence-electron chi connectivity index (χ4n) is 1.78. The second-order valence-corrected chi connectivity index (χ2v) is 4.68. The first-order valence-electron chi connectivity index (χ1n) is 6.20. The molecular formula is C14H16ClN3O. The van der Waals surface area contributed by atoms with Crippen LogP contribution >= 0.6 is 11.6 Å². The summed E-state index contributed by atoms with van der Waals surface area (Å²) in [5, 5.41) is 22.0. The number of nitrogens with one attached hydrogen (secondary N) is 1. The van der Waals surface area contributed by atoms with Gasteiger partial charge in [0, 0.05) is 17.1 Å². The molecule has 100 valence electrons. The molecule has 5 heteroatoms. The van der Waals surface area contributed by atoms with Gasteiger partial charge in [-0.15, -0.1) is 0 Å². The number of aliphatic hydroxyl groups excluding tert-OH is 1. The zero-order valence-corrected chi connectivity index (χ0v) is 11.4. The third-order valence-corrected chi connectivity index (χ3v) is 3.06. The van der Waals surface area contributed by atoms with Gasteiger partial charge in [0.25, 0.3) is 0 Å². The Morgan fingerprint density at radius 2 is 1.89 bits per heavy atom. The monoisotopic (exact) mass is 277 g/mol. The average Bonchev–Trinajstić information content (AvgIpc) is 2.45. The number of halogens is 1. The smallest absolute Gasteiger partial charge is 0.108 e. The lowest BCUT2D eigenvalue weighted by Crippen LogP contribution is -2.08. The van der Waals surface area contributed by atoms with E-state index in [0.717, 1.165) is 24.2 Å². The first-order chi connectivity index (χ1) is 9.22. The van der Waals surface area contributed by atoms with E-state index in [1.54, 1.807) is 36.7 Å². The van der Waals surface area contributed by atoms with Crippen LogP contribution in [-0.2, 0) is 0 Å². The van der Waals surface area contributed by atoms with Crippen LogP contribution in [0.15, 0.2) is 36.7 Å². The maximum Gasteiger partial charge on any atom is 0.108 e. The summed E-state index contributed by atoms with van der Waals surface area (Å²) in [6.07, 6.45) is 3.47. The molecule has 0 amide bonds. The number of benzene rings is 1. The Kier molecular flexibility index (Phi) is 4.71. The highest BCUT2D eigenvalue weighted by molar-refractivity contribution is 6.30. The number of hydrogen-bond acceptors (Lipinski definition) is 4. The first kappa shape index (κ1) is 13.8. The number of aliphatic hydroxyl groups is 1. The van der Waals surface area contributed by atoms with Gasteiger partial charge in [-0.05, 0) is 24.1 Å². The molecule has 0 aliphatic heterocycles. The van der Waals surface area contributed by atoms with Gasteiger partial charge in [0.15, 0.2) is 0 Å². The van der Waals surface area contributed by atoms with E-state index in [1.807, 2.05) is 0 Å². The Morgan fingerprint density at radius 1 is 1.21 bits per heavy atom. The molecule has 1 aromatic carbocycles. The van der Waals surface area contributed by atoms with Gasteiger partial charge in [0.1, 0.15) is 6.10 Å². The van der Waals surface area contributed by atoms with Crippen molar-refractivity contribution in [3.8, 4) is 0 Å². The summed E-state index contributed by atoms with van der Waals surface area (Å²) in [5.41, 5.74) is 2.29. The molecule has 0 radical (unpaired) electrons. The van der Waals surface area contributed by atoms with Crippen molar-refractivity contribution < 1.29 is 5.11 Å². The zero-order chi connectivity index (χ0) is 13.7. The summed E-state index contributed by atoms with van der Waals surface area (Å²) in [5.74, 6) is 0. The Bertz CT molecular complexity index is 530. The highest BCUT2D eigenvalue weighted by Gasteiger charge is 2.15. The number of aromatic nitrogens is 2. The van der Waals surface area contributed by atoms with E-state index in [4.69, 9.17) is 11.6 Å². The van der Waals surface area contributed by atoms with E-state index in [2.05, 4.69) is 22.4 Å². The first-order valence-corrected chi connectivity index (χ1v) is 6.58. The van der Waals surface area contributed by atoms with Crippen LogP contribution in [0.5, 0.6) is 0 Å². The number of hydrogen-bond donors (Lipinski definition) is 2. The van der Waals surface area contributed by atoms with Crippen molar-refractivity contribution in [2.24, 2.45) is 0 Å². The van der Waals surface area contributed by atoms with E-state index in [9.17, 15) is 5.11 Å². The molecule has 0 saturated heterocycles. The summed E-state index contributed by atoms with van der Waals surface area (Å²) in [7, 11) is 0. The van der Waals surface area contributed by atoms with E-state index < -0.39 is 6.10 Å². The molecule has 0 fully saturated rings. The van der Waals surface area contributed by atoms with Crippen LogP contribution in [0, 0.1) is 0 Å². The highest BCUT2D eigenvalue weighted by Crippen LogP contribution is 2.27. The Labute approximate surface area is 117 Å². The lowest BCUT2D eigenvalue weighted by Gasteiger charge is -2.15. The third kappa shape index (κ3) is 3.43. The molecule has 1 unspecified atom stereocenters. The van der Waals surface area contributed by atoms with E-state index >= 15 is 0 Å². The number of anilines is 1. The Morgan fingerprint density at radius 3 is 2.58 bits per heavy atom. The van der Waals surface area contributed by atoms with Crippen LogP contribution in [0.2, 0.25) is 5.02 Å². The second-order valence-electron chi connectivity index (χ2n) is 4.24. The Hall–Kier alpha value is -1.65. The van der Waals surface area contributed by atoms with Crippen molar-refractivity contribution in [2.75, 3.05) is 11.9 Å². The fourth-order valence-corrected chi connectivity index (χ4v) is 1.91. The molecule has 1 atom stereocenters. The molecule has 0 aliphatic rings. The van der Waals surface area contributed by atoms with Crippen molar-refractivity contribution in [1.29, 1.82) is 0 Å².